The maximum absolute atomic E-state index is 12.6. The molecule has 1 amide bonds. The molecule has 3 N–H and O–H groups in total. The Labute approximate surface area is 172 Å². The molecule has 0 saturated heterocycles. The van der Waals surface area contributed by atoms with Crippen LogP contribution >= 0.6 is 0 Å². The zero-order valence-corrected chi connectivity index (χ0v) is 16.0. The molecule has 0 aliphatic heterocycles. The highest BCUT2D eigenvalue weighted by Crippen LogP contribution is 2.16. The van der Waals surface area contributed by atoms with E-state index in [1.165, 1.54) is 0 Å². The van der Waals surface area contributed by atoms with Crippen LogP contribution in [0.15, 0.2) is 73.4 Å². The molecule has 0 bridgehead atoms. The van der Waals surface area contributed by atoms with E-state index in [2.05, 4.69) is 30.8 Å². The Morgan fingerprint density at radius 3 is 2.90 bits per heavy atom. The number of anilines is 1. The van der Waals surface area contributed by atoms with Crippen LogP contribution in [0.5, 0.6) is 0 Å². The Morgan fingerprint density at radius 1 is 1.03 bits per heavy atom. The Morgan fingerprint density at radius 2 is 2.00 bits per heavy atom. The lowest BCUT2D eigenvalue weighted by atomic mass is 10.1. The fourth-order valence-corrected chi connectivity index (χ4v) is 3.37. The minimum atomic E-state index is -0.155. The number of benzene rings is 1. The molecule has 8 heteroatoms. The third-order valence-electron chi connectivity index (χ3n) is 4.88. The molecule has 5 aromatic rings. The quantitative estimate of drug-likeness (QED) is 0.409. The number of aromatic nitrogens is 5. The van der Waals surface area contributed by atoms with Crippen LogP contribution < -0.4 is 10.6 Å². The number of amides is 1. The molecule has 8 nitrogen and oxygen atoms in total. The second-order valence-electron chi connectivity index (χ2n) is 6.95. The first-order valence-electron chi connectivity index (χ1n) is 9.57. The maximum Gasteiger partial charge on any atom is 0.252 e. The lowest BCUT2D eigenvalue weighted by Gasteiger charge is -2.06. The molecule has 0 fully saturated rings. The van der Waals surface area contributed by atoms with Gasteiger partial charge in [-0.2, -0.15) is 5.10 Å². The van der Waals surface area contributed by atoms with Crippen LogP contribution in [0.25, 0.3) is 16.6 Å². The number of rotatable bonds is 6. The molecule has 0 radical (unpaired) electrons. The summed E-state index contributed by atoms with van der Waals surface area (Å²) in [6, 6.07) is 13.4. The first-order valence-corrected chi connectivity index (χ1v) is 9.57. The number of pyridine rings is 2. The summed E-state index contributed by atoms with van der Waals surface area (Å²) in [5.41, 5.74) is 5.12. The van der Waals surface area contributed by atoms with Crippen LogP contribution in [0.2, 0.25) is 0 Å². The molecule has 0 unspecified atom stereocenters. The van der Waals surface area contributed by atoms with Gasteiger partial charge in [0, 0.05) is 36.7 Å². The average molecular weight is 397 g/mol. The van der Waals surface area contributed by atoms with E-state index in [1.807, 2.05) is 59.4 Å². The number of carbonyl (C=O) groups excluding carboxylic acids is 1. The third-order valence-corrected chi connectivity index (χ3v) is 4.88. The molecule has 148 valence electrons. The molecule has 4 aromatic heterocycles. The molecule has 0 atom stereocenters. The summed E-state index contributed by atoms with van der Waals surface area (Å²) in [5, 5.41) is 14.0. The monoisotopic (exact) mass is 397 g/mol. The highest BCUT2D eigenvalue weighted by molar-refractivity contribution is 6.05. The molecule has 1 aromatic carbocycles. The van der Waals surface area contributed by atoms with Gasteiger partial charge in [-0.15, -0.1) is 0 Å². The van der Waals surface area contributed by atoms with Crippen molar-refractivity contribution in [2.75, 3.05) is 5.32 Å². The van der Waals surface area contributed by atoms with Crippen LogP contribution in [0.3, 0.4) is 0 Å². The van der Waals surface area contributed by atoms with Crippen LogP contribution in [0, 0.1) is 0 Å². The number of carbonyl (C=O) groups is 1. The van der Waals surface area contributed by atoms with Crippen molar-refractivity contribution in [1.82, 2.24) is 29.9 Å². The lowest BCUT2D eigenvalue weighted by Crippen LogP contribution is -2.23. The molecule has 5 rings (SSSR count). The number of aromatic amines is 1. The van der Waals surface area contributed by atoms with Gasteiger partial charge in [0.25, 0.3) is 5.91 Å². The normalized spacial score (nSPS) is 11.1. The van der Waals surface area contributed by atoms with E-state index in [9.17, 15) is 4.79 Å². The number of fused-ring (bicyclic) bond motifs is 2. The molecule has 0 spiro atoms. The van der Waals surface area contributed by atoms with E-state index in [-0.39, 0.29) is 5.91 Å². The van der Waals surface area contributed by atoms with E-state index in [1.54, 1.807) is 18.5 Å². The predicted molar refractivity (Wildman–Crippen MR) is 114 cm³/mol. The van der Waals surface area contributed by atoms with Gasteiger partial charge in [0.15, 0.2) is 0 Å². The van der Waals surface area contributed by atoms with E-state index < -0.39 is 0 Å². The summed E-state index contributed by atoms with van der Waals surface area (Å²) in [5.74, 6) is -0.155. The molecule has 30 heavy (non-hydrogen) atoms. The zero-order chi connectivity index (χ0) is 20.3. The molecular formula is C22H19N7O. The van der Waals surface area contributed by atoms with Gasteiger partial charge in [-0.3, -0.25) is 14.9 Å². The van der Waals surface area contributed by atoms with Crippen LogP contribution in [-0.4, -0.2) is 30.5 Å². The van der Waals surface area contributed by atoms with Crippen LogP contribution in [0.4, 0.5) is 5.69 Å². The van der Waals surface area contributed by atoms with Crippen molar-refractivity contribution in [2.24, 2.45) is 0 Å². The number of hydrogen-bond donors (Lipinski definition) is 3. The van der Waals surface area contributed by atoms with Gasteiger partial charge in [-0.25, -0.2) is 4.98 Å². The van der Waals surface area contributed by atoms with Gasteiger partial charge in [0.05, 0.1) is 35.2 Å². The first-order chi connectivity index (χ1) is 14.8. The Balaban J connectivity index is 1.27. The van der Waals surface area contributed by atoms with Crippen molar-refractivity contribution in [1.29, 1.82) is 0 Å². The fraction of sp³-hybridized carbons (Fsp3) is 0.0909. The summed E-state index contributed by atoms with van der Waals surface area (Å²) in [7, 11) is 0. The molecule has 0 saturated carbocycles. The van der Waals surface area contributed by atoms with E-state index in [0.29, 0.717) is 18.7 Å². The van der Waals surface area contributed by atoms with Crippen LogP contribution in [0.1, 0.15) is 21.6 Å². The minimum absolute atomic E-state index is 0.155. The van der Waals surface area contributed by atoms with Crippen molar-refractivity contribution in [2.45, 2.75) is 13.1 Å². The first kappa shape index (κ1) is 17.9. The summed E-state index contributed by atoms with van der Waals surface area (Å²) in [4.78, 5) is 21.3. The molecule has 4 heterocycles. The summed E-state index contributed by atoms with van der Waals surface area (Å²) < 4.78 is 1.95. The molecular weight excluding hydrogens is 378 g/mol. The van der Waals surface area contributed by atoms with Gasteiger partial charge in [-0.05, 0) is 35.9 Å². The van der Waals surface area contributed by atoms with E-state index in [0.717, 1.165) is 33.5 Å². The maximum atomic E-state index is 12.6. The zero-order valence-electron chi connectivity index (χ0n) is 16.0. The Kier molecular flexibility index (Phi) is 4.57. The summed E-state index contributed by atoms with van der Waals surface area (Å²) in [6.45, 7) is 1.03. The standard InChI is InChI=1S/C22H19N7O/c30-22(18-4-1-5-20-19(18)12-26-28-20)25-11-17-14-29-13-16(6-7-21(29)27-17)24-10-15-3-2-8-23-9-15/h1-9,12-14,24H,10-11H2,(H,25,30)(H,26,28). The Hall–Kier alpha value is -4.20. The van der Waals surface area contributed by atoms with Crippen molar-refractivity contribution in [3.63, 3.8) is 0 Å². The number of hydrogen-bond acceptors (Lipinski definition) is 5. The fourth-order valence-electron chi connectivity index (χ4n) is 3.37. The number of nitrogens with zero attached hydrogens (tertiary/aromatic N) is 4. The number of imidazole rings is 1. The van der Waals surface area contributed by atoms with Crippen LogP contribution in [-0.2, 0) is 13.1 Å². The van der Waals surface area contributed by atoms with Gasteiger partial charge in [-0.1, -0.05) is 12.1 Å². The van der Waals surface area contributed by atoms with Crippen molar-refractivity contribution in [3.05, 3.63) is 90.3 Å². The van der Waals surface area contributed by atoms with E-state index >= 15 is 0 Å². The van der Waals surface area contributed by atoms with Gasteiger partial charge < -0.3 is 15.0 Å². The van der Waals surface area contributed by atoms with E-state index in [4.69, 9.17) is 0 Å². The third kappa shape index (κ3) is 3.58. The summed E-state index contributed by atoms with van der Waals surface area (Å²) in [6.07, 6.45) is 9.17. The summed E-state index contributed by atoms with van der Waals surface area (Å²) >= 11 is 0. The molecule has 0 aliphatic rings. The highest BCUT2D eigenvalue weighted by Gasteiger charge is 2.11. The van der Waals surface area contributed by atoms with Crippen molar-refractivity contribution in [3.8, 4) is 0 Å². The second-order valence-corrected chi connectivity index (χ2v) is 6.95. The SMILES string of the molecule is O=C(NCc1cn2cc(NCc3cccnc3)ccc2n1)c1cccc2[nH]ncc12. The number of H-pyrrole nitrogens is 1. The minimum Gasteiger partial charge on any atom is -0.380 e. The topological polar surface area (TPSA) is 100 Å². The van der Waals surface area contributed by atoms with Gasteiger partial charge in [0.2, 0.25) is 0 Å². The lowest BCUT2D eigenvalue weighted by molar-refractivity contribution is 0.0952. The highest BCUT2D eigenvalue weighted by atomic mass is 16.1. The smallest absolute Gasteiger partial charge is 0.252 e. The van der Waals surface area contributed by atoms with Crippen molar-refractivity contribution < 1.29 is 4.79 Å². The average Bonchev–Trinajstić information content (AvgIpc) is 3.42. The van der Waals surface area contributed by atoms with Gasteiger partial charge in [0.1, 0.15) is 5.65 Å². The second kappa shape index (κ2) is 7.67. The largest absolute Gasteiger partial charge is 0.380 e. The van der Waals surface area contributed by atoms with Gasteiger partial charge >= 0.3 is 0 Å². The molecule has 0 aliphatic carbocycles. The number of nitrogens with one attached hydrogen (secondary N) is 3. The van der Waals surface area contributed by atoms with Crippen molar-refractivity contribution >= 4 is 28.1 Å². The predicted octanol–water partition coefficient (Wildman–Crippen LogP) is 3.15. The Bertz CT molecular complexity index is 1320.